The molecule has 0 radical (unpaired) electrons. The van der Waals surface area contributed by atoms with Crippen molar-refractivity contribution in [1.29, 1.82) is 0 Å². The summed E-state index contributed by atoms with van der Waals surface area (Å²) in [5.74, 6) is 3.44. The Hall–Kier alpha value is -3.77. The van der Waals surface area contributed by atoms with E-state index in [-0.39, 0.29) is 16.3 Å². The topological polar surface area (TPSA) is 107 Å². The van der Waals surface area contributed by atoms with Crippen LogP contribution in [0.3, 0.4) is 0 Å². The molecule has 0 bridgehead atoms. The molecule has 0 saturated heterocycles. The lowest BCUT2D eigenvalue weighted by Gasteiger charge is -2.21. The van der Waals surface area contributed by atoms with Gasteiger partial charge in [-0.15, -0.1) is 6.42 Å². The molecule has 0 spiro atoms. The Balaban J connectivity index is 1.92. The average molecular weight is 482 g/mol. The Bertz CT molecular complexity index is 1300. The molecular formula is C25H27N3O5S. The fraction of sp³-hybridized carbons (Fsp3) is 0.280. The zero-order valence-electron chi connectivity index (χ0n) is 19.5. The molecule has 34 heavy (non-hydrogen) atoms. The van der Waals surface area contributed by atoms with Crippen LogP contribution in [0, 0.1) is 12.3 Å². The summed E-state index contributed by atoms with van der Waals surface area (Å²) in [5.41, 5.74) is 1.61. The number of amides is 2. The maximum atomic E-state index is 13.0. The monoisotopic (exact) mass is 481 g/mol. The quantitative estimate of drug-likeness (QED) is 0.594. The minimum absolute atomic E-state index is 0.202. The number of pyridine rings is 1. The van der Waals surface area contributed by atoms with Crippen molar-refractivity contribution >= 4 is 21.6 Å². The van der Waals surface area contributed by atoms with Gasteiger partial charge >= 0.3 is 6.03 Å². The summed E-state index contributed by atoms with van der Waals surface area (Å²) in [6, 6.07) is 7.59. The van der Waals surface area contributed by atoms with Gasteiger partial charge in [0, 0.05) is 23.7 Å². The maximum absolute atomic E-state index is 13.0. The smallest absolute Gasteiger partial charge is 0.329 e. The first-order chi connectivity index (χ1) is 16.0. The third-order valence-electron chi connectivity index (χ3n) is 4.78. The SMILES string of the molecule is C#Cc1cnc(Oc2cccc(C3=CC=C(OC)CC3)c2)c(S(=O)(=O)NC(=O)NC(C)(C)C)c1. The van der Waals surface area contributed by atoms with E-state index in [9.17, 15) is 13.2 Å². The van der Waals surface area contributed by atoms with E-state index >= 15 is 0 Å². The Kier molecular flexibility index (Phi) is 7.32. The summed E-state index contributed by atoms with van der Waals surface area (Å²) in [4.78, 5) is 16.0. The van der Waals surface area contributed by atoms with Gasteiger partial charge in [-0.05, 0) is 62.6 Å². The Morgan fingerprint density at radius 2 is 1.94 bits per heavy atom. The summed E-state index contributed by atoms with van der Waals surface area (Å²) in [7, 11) is -2.69. The molecular weight excluding hydrogens is 454 g/mol. The van der Waals surface area contributed by atoms with Gasteiger partial charge in [-0.25, -0.2) is 22.9 Å². The molecule has 1 aromatic heterocycles. The molecule has 0 saturated carbocycles. The summed E-state index contributed by atoms with van der Waals surface area (Å²) in [6.45, 7) is 5.19. The van der Waals surface area contributed by atoms with Gasteiger partial charge in [0.25, 0.3) is 10.0 Å². The summed E-state index contributed by atoms with van der Waals surface area (Å²) in [5, 5.41) is 2.54. The molecule has 1 aliphatic carbocycles. The number of nitrogens with one attached hydrogen (secondary N) is 2. The van der Waals surface area contributed by atoms with Crippen LogP contribution in [0.15, 0.2) is 59.3 Å². The normalized spacial score (nSPS) is 13.7. The van der Waals surface area contributed by atoms with Crippen LogP contribution < -0.4 is 14.8 Å². The van der Waals surface area contributed by atoms with E-state index in [0.717, 1.165) is 29.7 Å². The fourth-order valence-corrected chi connectivity index (χ4v) is 4.23. The number of sulfonamides is 1. The van der Waals surface area contributed by atoms with Gasteiger partial charge in [-0.1, -0.05) is 24.1 Å². The highest BCUT2D eigenvalue weighted by molar-refractivity contribution is 7.90. The number of aromatic nitrogens is 1. The molecule has 8 nitrogen and oxygen atoms in total. The van der Waals surface area contributed by atoms with Crippen molar-refractivity contribution in [2.24, 2.45) is 0 Å². The molecule has 0 fully saturated rings. The van der Waals surface area contributed by atoms with Crippen LogP contribution >= 0.6 is 0 Å². The number of carbonyl (C=O) groups is 1. The number of benzene rings is 1. The molecule has 1 aromatic carbocycles. The lowest BCUT2D eigenvalue weighted by atomic mass is 9.96. The van der Waals surface area contributed by atoms with Crippen LogP contribution in [-0.4, -0.2) is 32.1 Å². The number of hydrogen-bond donors (Lipinski definition) is 2. The van der Waals surface area contributed by atoms with Crippen molar-refractivity contribution in [1.82, 2.24) is 15.0 Å². The van der Waals surface area contributed by atoms with Crippen LogP contribution in [0.5, 0.6) is 11.6 Å². The van der Waals surface area contributed by atoms with E-state index in [4.69, 9.17) is 15.9 Å². The van der Waals surface area contributed by atoms with Crippen molar-refractivity contribution in [3.8, 4) is 24.0 Å². The van der Waals surface area contributed by atoms with E-state index < -0.39 is 21.6 Å². The second-order valence-corrected chi connectivity index (χ2v) is 10.3. The highest BCUT2D eigenvalue weighted by Gasteiger charge is 2.26. The third kappa shape index (κ3) is 6.39. The van der Waals surface area contributed by atoms with Gasteiger partial charge in [-0.2, -0.15) is 0 Å². The predicted molar refractivity (Wildman–Crippen MR) is 130 cm³/mol. The minimum Gasteiger partial charge on any atom is -0.501 e. The molecule has 3 rings (SSSR count). The standard InChI is InChI=1S/C25H27N3O5S/c1-6-17-14-22(34(30,31)28-24(29)27-25(2,3)4)23(26-16-17)33-21-9-7-8-19(15-21)18-10-12-20(32-5)13-11-18/h1,7-10,12,14-16H,11,13H2,2-5H3,(H2,27,28,29). The average Bonchev–Trinajstić information content (AvgIpc) is 2.78. The molecule has 0 unspecified atom stereocenters. The second kappa shape index (κ2) is 10.0. The Labute approximate surface area is 200 Å². The predicted octanol–water partition coefficient (Wildman–Crippen LogP) is 4.35. The Morgan fingerprint density at radius 1 is 1.18 bits per heavy atom. The molecule has 2 amide bonds. The largest absolute Gasteiger partial charge is 0.501 e. The number of ether oxygens (including phenoxy) is 2. The van der Waals surface area contributed by atoms with Gasteiger partial charge in [0.1, 0.15) is 5.75 Å². The van der Waals surface area contributed by atoms with E-state index in [1.807, 2.05) is 22.9 Å². The van der Waals surface area contributed by atoms with Crippen LogP contribution in [0.4, 0.5) is 4.79 Å². The van der Waals surface area contributed by atoms with Gasteiger partial charge in [0.05, 0.1) is 12.9 Å². The van der Waals surface area contributed by atoms with Gasteiger partial charge in [0.15, 0.2) is 4.90 Å². The fourth-order valence-electron chi connectivity index (χ4n) is 3.22. The number of nitrogens with zero attached hydrogens (tertiary/aromatic N) is 1. The minimum atomic E-state index is -4.33. The number of methoxy groups -OCH3 is 1. The molecule has 0 aliphatic heterocycles. The highest BCUT2D eigenvalue weighted by Crippen LogP contribution is 2.32. The molecule has 1 aliphatic rings. The van der Waals surface area contributed by atoms with Crippen molar-refractivity contribution in [3.63, 3.8) is 0 Å². The lowest BCUT2D eigenvalue weighted by molar-refractivity contribution is 0.237. The first-order valence-corrected chi connectivity index (χ1v) is 12.0. The van der Waals surface area contributed by atoms with E-state index in [2.05, 4.69) is 16.2 Å². The lowest BCUT2D eigenvalue weighted by Crippen LogP contribution is -2.48. The van der Waals surface area contributed by atoms with Crippen molar-refractivity contribution in [3.05, 3.63) is 65.6 Å². The van der Waals surface area contributed by atoms with E-state index in [1.165, 1.54) is 12.3 Å². The molecule has 0 atom stereocenters. The maximum Gasteiger partial charge on any atom is 0.329 e. The number of urea groups is 1. The first kappa shape index (κ1) is 24.9. The number of allylic oxidation sites excluding steroid dienone is 4. The zero-order valence-corrected chi connectivity index (χ0v) is 20.3. The summed E-state index contributed by atoms with van der Waals surface area (Å²) < 4.78 is 39.1. The van der Waals surface area contributed by atoms with Crippen LogP contribution in [0.25, 0.3) is 5.57 Å². The van der Waals surface area contributed by atoms with Crippen molar-refractivity contribution in [2.75, 3.05) is 7.11 Å². The zero-order chi connectivity index (χ0) is 24.9. The molecule has 178 valence electrons. The van der Waals surface area contributed by atoms with Crippen LogP contribution in [-0.2, 0) is 14.8 Å². The Morgan fingerprint density at radius 3 is 2.56 bits per heavy atom. The third-order valence-corrected chi connectivity index (χ3v) is 6.11. The van der Waals surface area contributed by atoms with Crippen LogP contribution in [0.1, 0.15) is 44.7 Å². The molecule has 2 aromatic rings. The van der Waals surface area contributed by atoms with E-state index in [1.54, 1.807) is 46.1 Å². The summed E-state index contributed by atoms with van der Waals surface area (Å²) in [6.07, 6.45) is 12.2. The van der Waals surface area contributed by atoms with Gasteiger partial charge in [-0.3, -0.25) is 0 Å². The summed E-state index contributed by atoms with van der Waals surface area (Å²) >= 11 is 0. The van der Waals surface area contributed by atoms with Crippen molar-refractivity contribution in [2.45, 2.75) is 44.0 Å². The molecule has 9 heteroatoms. The molecule has 2 N–H and O–H groups in total. The highest BCUT2D eigenvalue weighted by atomic mass is 32.2. The van der Waals surface area contributed by atoms with E-state index in [0.29, 0.717) is 5.75 Å². The number of terminal acetylenes is 1. The number of carbonyl (C=O) groups excluding carboxylic acids is 1. The van der Waals surface area contributed by atoms with Gasteiger partial charge < -0.3 is 14.8 Å². The first-order valence-electron chi connectivity index (χ1n) is 10.5. The number of rotatable bonds is 6. The van der Waals surface area contributed by atoms with Crippen molar-refractivity contribution < 1.29 is 22.7 Å². The molecule has 1 heterocycles. The second-order valence-electron chi connectivity index (χ2n) is 8.64. The van der Waals surface area contributed by atoms with Gasteiger partial charge in [0.2, 0.25) is 5.88 Å². The number of hydrogen-bond acceptors (Lipinski definition) is 6. The van der Waals surface area contributed by atoms with Crippen LogP contribution in [0.2, 0.25) is 0 Å².